The fourth-order valence-electron chi connectivity index (χ4n) is 2.64. The quantitative estimate of drug-likeness (QED) is 0.677. The second-order valence-corrected chi connectivity index (χ2v) is 5.74. The first-order chi connectivity index (χ1) is 6.85. The highest BCUT2D eigenvalue weighted by Crippen LogP contribution is 2.51. The van der Waals surface area contributed by atoms with E-state index in [2.05, 4.69) is 50.9 Å². The summed E-state index contributed by atoms with van der Waals surface area (Å²) < 4.78 is 0. The Morgan fingerprint density at radius 2 is 1.53 bits per heavy atom. The van der Waals surface area contributed by atoms with E-state index in [4.69, 9.17) is 0 Å². The molecule has 0 N–H and O–H groups in total. The van der Waals surface area contributed by atoms with Crippen molar-refractivity contribution in [3.63, 3.8) is 0 Å². The molecule has 0 unspecified atom stereocenters. The maximum atomic E-state index is 9.18. The smallest absolute Gasteiger partial charge is 0.193 e. The van der Waals surface area contributed by atoms with Gasteiger partial charge in [0.05, 0.1) is 0 Å². The molecule has 1 rings (SSSR count). The Morgan fingerprint density at radius 1 is 1.13 bits per heavy atom. The summed E-state index contributed by atoms with van der Waals surface area (Å²) in [4.78, 5) is 0. The molecule has 0 aromatic heterocycles. The highest BCUT2D eigenvalue weighted by molar-refractivity contribution is 5.20. The van der Waals surface area contributed by atoms with Crippen LogP contribution in [0.5, 0.6) is 0 Å². The van der Waals surface area contributed by atoms with E-state index in [1.165, 1.54) is 0 Å². The van der Waals surface area contributed by atoms with Crippen LogP contribution in [0.3, 0.4) is 0 Å². The molecule has 0 saturated heterocycles. The van der Waals surface area contributed by atoms with Crippen LogP contribution in [0.15, 0.2) is 10.2 Å². The third-order valence-electron chi connectivity index (χ3n) is 3.02. The molecule has 0 bridgehead atoms. The molecule has 0 aliphatic carbocycles. The normalized spacial score (nSPS) is 18.3. The van der Waals surface area contributed by atoms with E-state index in [1.807, 2.05) is 0 Å². The van der Waals surface area contributed by atoms with Gasteiger partial charge in [0, 0.05) is 5.41 Å². The molecule has 0 amide bonds. The predicted octanol–water partition coefficient (Wildman–Crippen LogP) is 3.77. The van der Waals surface area contributed by atoms with Gasteiger partial charge in [-0.15, -0.1) is 10.2 Å². The van der Waals surface area contributed by atoms with Gasteiger partial charge in [-0.2, -0.15) is 5.26 Å². The topological polar surface area (TPSA) is 48.5 Å². The summed E-state index contributed by atoms with van der Waals surface area (Å²) >= 11 is 0. The first-order valence-corrected chi connectivity index (χ1v) is 5.70. The predicted molar refractivity (Wildman–Crippen MR) is 60.2 cm³/mol. The average Bonchev–Trinajstić information content (AvgIpc) is 2.80. The van der Waals surface area contributed by atoms with Crippen LogP contribution >= 0.6 is 0 Å². The summed E-state index contributed by atoms with van der Waals surface area (Å²) in [6.07, 6.45) is 2.01. The Bertz CT molecular complexity index is 280. The fourth-order valence-corrected chi connectivity index (χ4v) is 2.64. The molecule has 0 saturated carbocycles. The molecule has 0 aromatic rings. The monoisotopic (exact) mass is 207 g/mol. The van der Waals surface area contributed by atoms with Crippen molar-refractivity contribution in [3.8, 4) is 6.07 Å². The molecule has 3 nitrogen and oxygen atoms in total. The lowest BCUT2D eigenvalue weighted by Gasteiger charge is -2.34. The standard InChI is InChI=1S/C12H21N3/c1-9(2)6-11(5,7-10(3)4)12(8-13)14-15-12/h9-10H,6-7H2,1-5H3. The summed E-state index contributed by atoms with van der Waals surface area (Å²) in [5.74, 6) is 1.15. The van der Waals surface area contributed by atoms with E-state index in [-0.39, 0.29) is 5.41 Å². The van der Waals surface area contributed by atoms with Crippen LogP contribution in [0.1, 0.15) is 47.5 Å². The van der Waals surface area contributed by atoms with Crippen molar-refractivity contribution >= 4 is 0 Å². The van der Waals surface area contributed by atoms with Crippen molar-refractivity contribution in [1.82, 2.24) is 0 Å². The van der Waals surface area contributed by atoms with E-state index < -0.39 is 5.66 Å². The van der Waals surface area contributed by atoms with Crippen molar-refractivity contribution in [2.45, 2.75) is 53.1 Å². The molecule has 1 aliphatic heterocycles. The van der Waals surface area contributed by atoms with Gasteiger partial charge in [0.25, 0.3) is 5.66 Å². The molecule has 0 fully saturated rings. The lowest BCUT2D eigenvalue weighted by Crippen LogP contribution is -2.37. The minimum absolute atomic E-state index is 0.0932. The largest absolute Gasteiger partial charge is 0.280 e. The molecule has 0 aromatic carbocycles. The van der Waals surface area contributed by atoms with E-state index in [1.54, 1.807) is 0 Å². The third kappa shape index (κ3) is 2.37. The van der Waals surface area contributed by atoms with Crippen LogP contribution in [0.2, 0.25) is 0 Å². The molecule has 0 spiro atoms. The number of hydrogen-bond donors (Lipinski definition) is 0. The van der Waals surface area contributed by atoms with Crippen LogP contribution in [0.25, 0.3) is 0 Å². The van der Waals surface area contributed by atoms with Gasteiger partial charge in [-0.3, -0.25) is 0 Å². The minimum atomic E-state index is -0.735. The average molecular weight is 207 g/mol. The molecule has 0 atom stereocenters. The van der Waals surface area contributed by atoms with Crippen LogP contribution in [0.4, 0.5) is 0 Å². The van der Waals surface area contributed by atoms with Crippen molar-refractivity contribution in [2.75, 3.05) is 0 Å². The zero-order valence-corrected chi connectivity index (χ0v) is 10.4. The Balaban J connectivity index is 2.82. The van der Waals surface area contributed by atoms with Gasteiger partial charge in [-0.05, 0) is 24.7 Å². The summed E-state index contributed by atoms with van der Waals surface area (Å²) in [5.41, 5.74) is -0.828. The van der Waals surface area contributed by atoms with Gasteiger partial charge in [0.1, 0.15) is 6.07 Å². The number of nitriles is 1. The van der Waals surface area contributed by atoms with Crippen LogP contribution in [-0.4, -0.2) is 5.66 Å². The molecular formula is C12H21N3. The molecule has 3 heteroatoms. The number of rotatable bonds is 5. The van der Waals surface area contributed by atoms with E-state index in [9.17, 15) is 5.26 Å². The number of nitrogens with zero attached hydrogens (tertiary/aromatic N) is 3. The van der Waals surface area contributed by atoms with Crippen LogP contribution in [-0.2, 0) is 0 Å². The Hall–Kier alpha value is -0.910. The Labute approximate surface area is 92.6 Å². The fraction of sp³-hybridized carbons (Fsp3) is 0.917. The molecule has 1 heterocycles. The van der Waals surface area contributed by atoms with E-state index >= 15 is 0 Å². The Morgan fingerprint density at radius 3 is 1.73 bits per heavy atom. The van der Waals surface area contributed by atoms with E-state index in [0.29, 0.717) is 11.8 Å². The third-order valence-corrected chi connectivity index (χ3v) is 3.02. The van der Waals surface area contributed by atoms with Crippen LogP contribution in [0, 0.1) is 28.6 Å². The highest BCUT2D eigenvalue weighted by Gasteiger charge is 2.57. The lowest BCUT2D eigenvalue weighted by molar-refractivity contribution is 0.164. The Kier molecular flexibility index (Phi) is 3.18. The summed E-state index contributed by atoms with van der Waals surface area (Å²) in [6.45, 7) is 10.9. The zero-order valence-electron chi connectivity index (χ0n) is 10.4. The minimum Gasteiger partial charge on any atom is -0.193 e. The molecule has 1 aliphatic rings. The molecule has 0 radical (unpaired) electrons. The first kappa shape index (κ1) is 12.2. The van der Waals surface area contributed by atoms with Crippen molar-refractivity contribution in [2.24, 2.45) is 27.5 Å². The molecule has 15 heavy (non-hydrogen) atoms. The van der Waals surface area contributed by atoms with E-state index in [0.717, 1.165) is 12.8 Å². The first-order valence-electron chi connectivity index (χ1n) is 5.70. The van der Waals surface area contributed by atoms with Crippen molar-refractivity contribution in [3.05, 3.63) is 0 Å². The molecule has 84 valence electrons. The lowest BCUT2D eigenvalue weighted by atomic mass is 9.69. The summed E-state index contributed by atoms with van der Waals surface area (Å²) in [5, 5.41) is 17.2. The van der Waals surface area contributed by atoms with Gasteiger partial charge in [0.2, 0.25) is 0 Å². The van der Waals surface area contributed by atoms with Crippen molar-refractivity contribution in [1.29, 1.82) is 5.26 Å². The van der Waals surface area contributed by atoms with Gasteiger partial charge >= 0.3 is 0 Å². The SMILES string of the molecule is CC(C)CC(C)(CC(C)C)C1(C#N)N=N1. The van der Waals surface area contributed by atoms with Gasteiger partial charge < -0.3 is 0 Å². The van der Waals surface area contributed by atoms with Crippen molar-refractivity contribution < 1.29 is 0 Å². The zero-order chi connectivity index (χ0) is 11.7. The second-order valence-electron chi connectivity index (χ2n) is 5.74. The van der Waals surface area contributed by atoms with Gasteiger partial charge in [-0.25, -0.2) is 0 Å². The summed E-state index contributed by atoms with van der Waals surface area (Å²) in [6, 6.07) is 2.27. The van der Waals surface area contributed by atoms with Gasteiger partial charge in [-0.1, -0.05) is 34.6 Å². The number of hydrogen-bond acceptors (Lipinski definition) is 3. The van der Waals surface area contributed by atoms with Gasteiger partial charge in [0.15, 0.2) is 0 Å². The molecular weight excluding hydrogens is 186 g/mol. The summed E-state index contributed by atoms with van der Waals surface area (Å²) in [7, 11) is 0. The second kappa shape index (κ2) is 3.92. The maximum Gasteiger partial charge on any atom is 0.280 e. The van der Waals surface area contributed by atoms with Crippen LogP contribution < -0.4 is 0 Å². The maximum absolute atomic E-state index is 9.18. The highest BCUT2D eigenvalue weighted by atomic mass is 15.5.